The lowest BCUT2D eigenvalue weighted by molar-refractivity contribution is -0.134. The van der Waals surface area contributed by atoms with Crippen molar-refractivity contribution < 1.29 is 19.2 Å². The number of unbranched alkanes of at least 4 members (excludes halogenated alkanes) is 6. The van der Waals surface area contributed by atoms with E-state index < -0.39 is 5.91 Å². The second-order valence-corrected chi connectivity index (χ2v) is 11.2. The van der Waals surface area contributed by atoms with Gasteiger partial charge < -0.3 is 21.3 Å². The number of rotatable bonds is 15. The molecule has 0 radical (unpaired) electrons. The molecule has 42 heavy (non-hydrogen) atoms. The number of anilines is 2. The fourth-order valence-electron chi connectivity index (χ4n) is 5.57. The largest absolute Gasteiger partial charge is 0.385 e. The lowest BCUT2D eigenvalue weighted by atomic mass is 9.90. The highest BCUT2D eigenvalue weighted by atomic mass is 16.2. The van der Waals surface area contributed by atoms with Crippen molar-refractivity contribution in [1.82, 2.24) is 20.2 Å². The summed E-state index contributed by atoms with van der Waals surface area (Å²) in [6, 6.07) is 9.70. The molecule has 1 aromatic heterocycles. The van der Waals surface area contributed by atoms with Gasteiger partial charge in [-0.15, -0.1) is 0 Å². The summed E-state index contributed by atoms with van der Waals surface area (Å²) < 4.78 is 0. The topological polar surface area (TPSA) is 159 Å². The molecule has 0 aliphatic carbocycles. The molecule has 2 aromatic rings. The highest BCUT2D eigenvalue weighted by molar-refractivity contribution is 6.01. The second-order valence-electron chi connectivity index (χ2n) is 11.2. The van der Waals surface area contributed by atoms with Crippen LogP contribution in [0.25, 0.3) is 0 Å². The van der Waals surface area contributed by atoms with E-state index in [2.05, 4.69) is 25.9 Å². The Labute approximate surface area is 247 Å². The number of carbonyl (C=O) groups is 4. The van der Waals surface area contributed by atoms with Crippen LogP contribution < -0.4 is 21.7 Å². The van der Waals surface area contributed by atoms with Gasteiger partial charge in [-0.1, -0.05) is 44.2 Å². The number of hydrogen-bond donors (Lipinski definition) is 4. The van der Waals surface area contributed by atoms with Gasteiger partial charge in [0, 0.05) is 50.3 Å². The van der Waals surface area contributed by atoms with E-state index in [1.807, 2.05) is 29.2 Å². The molecule has 11 nitrogen and oxygen atoms in total. The minimum absolute atomic E-state index is 0.185. The summed E-state index contributed by atoms with van der Waals surface area (Å²) >= 11 is 0. The van der Waals surface area contributed by atoms with E-state index in [9.17, 15) is 19.2 Å². The Morgan fingerprint density at radius 3 is 2.31 bits per heavy atom. The van der Waals surface area contributed by atoms with E-state index in [1.165, 1.54) is 25.6 Å². The maximum absolute atomic E-state index is 12.6. The normalized spacial score (nSPS) is 17.5. The second kappa shape index (κ2) is 15.8. The smallest absolute Gasteiger partial charge is 0.267 e. The summed E-state index contributed by atoms with van der Waals surface area (Å²) in [6.45, 7) is 2.36. The minimum atomic E-state index is -0.581. The lowest BCUT2D eigenvalue weighted by Gasteiger charge is -2.32. The van der Waals surface area contributed by atoms with Crippen LogP contribution in [0.5, 0.6) is 0 Å². The van der Waals surface area contributed by atoms with Crippen molar-refractivity contribution in [1.29, 1.82) is 0 Å². The Morgan fingerprint density at radius 2 is 1.62 bits per heavy atom. The van der Waals surface area contributed by atoms with Crippen molar-refractivity contribution in [2.75, 3.05) is 30.3 Å². The standard InChI is InChI=1S/C31H43N7O4/c32-30(41)26-20-27(35-21-34-26)36-24-15-18-38(19-16-24)29(40)8-6-4-2-1-3-5-7-17-33-23-11-9-22(10-12-23)25-13-14-28(39)37-31(25)42/h9-12,20-21,24-25,33H,1-8,13-19H2,(H2,32,41)(H,34,35,36)(H,37,39,42). The van der Waals surface area contributed by atoms with Crippen LogP contribution >= 0.6 is 0 Å². The summed E-state index contributed by atoms with van der Waals surface area (Å²) in [5.74, 6) is -0.393. The predicted molar refractivity (Wildman–Crippen MR) is 161 cm³/mol. The summed E-state index contributed by atoms with van der Waals surface area (Å²) in [6.07, 6.45) is 12.4. The van der Waals surface area contributed by atoms with Gasteiger partial charge in [0.05, 0.1) is 5.92 Å². The van der Waals surface area contributed by atoms with Crippen molar-refractivity contribution in [2.24, 2.45) is 5.73 Å². The first-order valence-corrected chi connectivity index (χ1v) is 15.2. The number of nitrogens with one attached hydrogen (secondary N) is 3. The zero-order valence-corrected chi connectivity index (χ0v) is 24.3. The van der Waals surface area contributed by atoms with Crippen molar-refractivity contribution in [3.8, 4) is 0 Å². The van der Waals surface area contributed by atoms with Gasteiger partial charge in [-0.25, -0.2) is 9.97 Å². The number of aromatic nitrogens is 2. The number of likely N-dealkylation sites (tertiary alicyclic amines) is 1. The third-order valence-corrected chi connectivity index (χ3v) is 8.07. The van der Waals surface area contributed by atoms with Gasteiger partial charge in [-0.3, -0.25) is 24.5 Å². The molecule has 0 saturated carbocycles. The average Bonchev–Trinajstić information content (AvgIpc) is 2.99. The zero-order chi connectivity index (χ0) is 29.7. The van der Waals surface area contributed by atoms with Gasteiger partial charge in [0.1, 0.15) is 17.8 Å². The lowest BCUT2D eigenvalue weighted by Crippen LogP contribution is -2.42. The average molecular weight is 578 g/mol. The number of carbonyl (C=O) groups excluding carboxylic acids is 4. The molecule has 2 saturated heterocycles. The summed E-state index contributed by atoms with van der Waals surface area (Å²) in [7, 11) is 0. The number of nitrogens with two attached hydrogens (primary N) is 1. The third kappa shape index (κ3) is 9.53. The maximum atomic E-state index is 12.6. The van der Waals surface area contributed by atoms with E-state index in [4.69, 9.17) is 5.73 Å². The first-order valence-electron chi connectivity index (χ1n) is 15.2. The van der Waals surface area contributed by atoms with Crippen molar-refractivity contribution >= 4 is 35.1 Å². The molecule has 3 heterocycles. The van der Waals surface area contributed by atoms with Crippen LogP contribution in [0, 0.1) is 0 Å². The number of piperidine rings is 2. The molecule has 5 N–H and O–H groups in total. The predicted octanol–water partition coefficient (Wildman–Crippen LogP) is 3.73. The van der Waals surface area contributed by atoms with Crippen LogP contribution in [-0.2, 0) is 14.4 Å². The first kappa shape index (κ1) is 30.9. The van der Waals surface area contributed by atoms with Gasteiger partial charge in [0.2, 0.25) is 17.7 Å². The monoisotopic (exact) mass is 577 g/mol. The molecule has 4 rings (SSSR count). The number of hydrogen-bond acceptors (Lipinski definition) is 8. The zero-order valence-electron chi connectivity index (χ0n) is 24.3. The van der Waals surface area contributed by atoms with E-state index in [0.717, 1.165) is 69.4 Å². The molecule has 1 atom stereocenters. The third-order valence-electron chi connectivity index (χ3n) is 8.07. The highest BCUT2D eigenvalue weighted by Gasteiger charge is 2.27. The Morgan fingerprint density at radius 1 is 0.929 bits per heavy atom. The summed E-state index contributed by atoms with van der Waals surface area (Å²) in [5, 5.41) is 9.18. The molecule has 1 unspecified atom stereocenters. The van der Waals surface area contributed by atoms with Gasteiger partial charge in [0.25, 0.3) is 5.91 Å². The fourth-order valence-corrected chi connectivity index (χ4v) is 5.57. The SMILES string of the molecule is NC(=O)c1cc(NC2CCN(C(=O)CCCCCCCCCNc3ccc(C4CCC(=O)NC4=O)cc3)CC2)ncn1. The number of imide groups is 1. The van der Waals surface area contributed by atoms with Crippen LogP contribution in [0.4, 0.5) is 11.5 Å². The van der Waals surface area contributed by atoms with Gasteiger partial charge in [-0.05, 0) is 49.8 Å². The Bertz CT molecular complexity index is 1210. The molecular formula is C31H43N7O4. The van der Waals surface area contributed by atoms with E-state index >= 15 is 0 Å². The minimum Gasteiger partial charge on any atom is -0.385 e. The molecule has 2 fully saturated rings. The summed E-state index contributed by atoms with van der Waals surface area (Å²) in [4.78, 5) is 57.3. The van der Waals surface area contributed by atoms with E-state index in [0.29, 0.717) is 25.1 Å². The Kier molecular flexibility index (Phi) is 11.7. The highest BCUT2D eigenvalue weighted by Crippen LogP contribution is 2.26. The Balaban J connectivity index is 0.987. The van der Waals surface area contributed by atoms with Crippen molar-refractivity contribution in [3.63, 3.8) is 0 Å². The van der Waals surface area contributed by atoms with Gasteiger partial charge >= 0.3 is 0 Å². The molecule has 2 aliphatic rings. The molecule has 0 bridgehead atoms. The fraction of sp³-hybridized carbons (Fsp3) is 0.548. The van der Waals surface area contributed by atoms with E-state index in [-0.39, 0.29) is 35.4 Å². The van der Waals surface area contributed by atoms with Gasteiger partial charge in [0.15, 0.2) is 0 Å². The van der Waals surface area contributed by atoms with Crippen LogP contribution in [0.3, 0.4) is 0 Å². The first-order chi connectivity index (χ1) is 20.4. The number of primary amides is 1. The molecule has 11 heteroatoms. The van der Waals surface area contributed by atoms with Crippen molar-refractivity contribution in [2.45, 2.75) is 89.0 Å². The molecule has 0 spiro atoms. The van der Waals surface area contributed by atoms with Crippen molar-refractivity contribution in [3.05, 3.63) is 47.9 Å². The molecule has 2 aliphatic heterocycles. The summed E-state index contributed by atoms with van der Waals surface area (Å²) in [5.41, 5.74) is 7.46. The quantitative estimate of drug-likeness (QED) is 0.184. The Hall–Kier alpha value is -4.02. The van der Waals surface area contributed by atoms with E-state index in [1.54, 1.807) is 6.07 Å². The molecule has 226 valence electrons. The van der Waals surface area contributed by atoms with Crippen LogP contribution in [0.15, 0.2) is 36.7 Å². The van der Waals surface area contributed by atoms with Crippen LogP contribution in [0.2, 0.25) is 0 Å². The maximum Gasteiger partial charge on any atom is 0.267 e. The molecule has 1 aromatic carbocycles. The van der Waals surface area contributed by atoms with Crippen LogP contribution in [0.1, 0.15) is 99.0 Å². The molecular weight excluding hydrogens is 534 g/mol. The number of nitrogens with zero attached hydrogens (tertiary/aromatic N) is 3. The van der Waals surface area contributed by atoms with Gasteiger partial charge in [-0.2, -0.15) is 0 Å². The van der Waals surface area contributed by atoms with Crippen LogP contribution in [-0.4, -0.2) is 64.2 Å². The molecule has 4 amide bonds. The number of amides is 4. The number of benzene rings is 1.